The third-order valence-electron chi connectivity index (χ3n) is 2.82. The maximum atomic E-state index is 11.9. The van der Waals surface area contributed by atoms with E-state index < -0.39 is 5.54 Å². The summed E-state index contributed by atoms with van der Waals surface area (Å²) in [7, 11) is 0. The molecule has 0 fully saturated rings. The first-order valence-electron chi connectivity index (χ1n) is 5.37. The van der Waals surface area contributed by atoms with Gasteiger partial charge in [0.1, 0.15) is 0 Å². The molecule has 0 aliphatic rings. The Morgan fingerprint density at radius 1 is 1.31 bits per heavy atom. The van der Waals surface area contributed by atoms with Crippen molar-refractivity contribution in [3.05, 3.63) is 29.3 Å². The number of benzene rings is 1. The summed E-state index contributed by atoms with van der Waals surface area (Å²) < 4.78 is 0. The Hall–Kier alpha value is -1.06. The molecular formula is C12H17ClN2O. The van der Waals surface area contributed by atoms with Crippen molar-refractivity contribution in [3.8, 4) is 0 Å². The fourth-order valence-electron chi connectivity index (χ4n) is 1.36. The molecule has 0 bridgehead atoms. The molecule has 0 aliphatic heterocycles. The van der Waals surface area contributed by atoms with Gasteiger partial charge in [-0.2, -0.15) is 0 Å². The number of nitrogens with one attached hydrogen (secondary N) is 1. The molecule has 0 aliphatic carbocycles. The van der Waals surface area contributed by atoms with Crippen LogP contribution in [0.1, 0.15) is 26.7 Å². The number of anilines is 1. The molecule has 0 saturated heterocycles. The van der Waals surface area contributed by atoms with E-state index in [0.717, 1.165) is 0 Å². The van der Waals surface area contributed by atoms with E-state index >= 15 is 0 Å². The quantitative estimate of drug-likeness (QED) is 0.850. The maximum absolute atomic E-state index is 11.9. The van der Waals surface area contributed by atoms with E-state index in [-0.39, 0.29) is 5.91 Å². The zero-order valence-electron chi connectivity index (χ0n) is 9.59. The molecule has 0 unspecified atom stereocenters. The highest BCUT2D eigenvalue weighted by Crippen LogP contribution is 2.17. The predicted octanol–water partition coefficient (Wildman–Crippen LogP) is 2.80. The van der Waals surface area contributed by atoms with E-state index in [9.17, 15) is 4.79 Å². The molecule has 16 heavy (non-hydrogen) atoms. The van der Waals surface area contributed by atoms with Crippen LogP contribution in [0.4, 0.5) is 5.69 Å². The Bertz CT molecular complexity index is 358. The molecule has 0 heterocycles. The van der Waals surface area contributed by atoms with Crippen molar-refractivity contribution < 1.29 is 4.79 Å². The first-order chi connectivity index (χ1) is 7.51. The normalized spacial score (nSPS) is 11.2. The molecule has 0 spiro atoms. The van der Waals surface area contributed by atoms with E-state index in [1.807, 2.05) is 13.8 Å². The van der Waals surface area contributed by atoms with Gasteiger partial charge in [-0.3, -0.25) is 4.79 Å². The lowest BCUT2D eigenvalue weighted by Gasteiger charge is -2.25. The Kier molecular flexibility index (Phi) is 4.33. The van der Waals surface area contributed by atoms with E-state index in [2.05, 4.69) is 5.32 Å². The van der Waals surface area contributed by atoms with Crippen molar-refractivity contribution >= 4 is 23.2 Å². The van der Waals surface area contributed by atoms with Gasteiger partial charge < -0.3 is 11.1 Å². The van der Waals surface area contributed by atoms with Gasteiger partial charge in [0.15, 0.2) is 0 Å². The second-order valence-corrected chi connectivity index (χ2v) is 4.26. The smallest absolute Gasteiger partial charge is 0.244 e. The Balaban J connectivity index is 2.74. The predicted molar refractivity (Wildman–Crippen MR) is 67.6 cm³/mol. The minimum Gasteiger partial charge on any atom is -0.324 e. The van der Waals surface area contributed by atoms with Crippen LogP contribution < -0.4 is 11.1 Å². The molecule has 0 aromatic heterocycles. The summed E-state index contributed by atoms with van der Waals surface area (Å²) in [5.74, 6) is -0.153. The summed E-state index contributed by atoms with van der Waals surface area (Å²) in [5.41, 5.74) is 5.90. The van der Waals surface area contributed by atoms with Crippen LogP contribution in [-0.2, 0) is 4.79 Å². The molecule has 0 atom stereocenters. The largest absolute Gasteiger partial charge is 0.324 e. The van der Waals surface area contributed by atoms with Crippen molar-refractivity contribution in [2.45, 2.75) is 32.2 Å². The van der Waals surface area contributed by atoms with Crippen molar-refractivity contribution in [1.29, 1.82) is 0 Å². The molecule has 1 rings (SSSR count). The summed E-state index contributed by atoms with van der Waals surface area (Å²) in [6, 6.07) is 6.97. The second kappa shape index (κ2) is 5.32. The van der Waals surface area contributed by atoms with Crippen LogP contribution in [0.2, 0.25) is 5.02 Å². The molecule has 0 saturated carbocycles. The molecule has 4 heteroatoms. The molecule has 3 nitrogen and oxygen atoms in total. The van der Waals surface area contributed by atoms with Gasteiger partial charge in [0.05, 0.1) is 5.54 Å². The lowest BCUT2D eigenvalue weighted by atomic mass is 9.93. The average molecular weight is 241 g/mol. The SMILES string of the molecule is CCC(N)(CC)C(=O)Nc1ccc(Cl)cc1. The fourth-order valence-corrected chi connectivity index (χ4v) is 1.49. The number of carbonyl (C=O) groups excluding carboxylic acids is 1. The van der Waals surface area contributed by atoms with Crippen LogP contribution in [0.15, 0.2) is 24.3 Å². The molecule has 3 N–H and O–H groups in total. The lowest BCUT2D eigenvalue weighted by molar-refractivity contribution is -0.121. The van der Waals surface area contributed by atoms with Crippen molar-refractivity contribution in [2.75, 3.05) is 5.32 Å². The van der Waals surface area contributed by atoms with Crippen LogP contribution in [0.25, 0.3) is 0 Å². The van der Waals surface area contributed by atoms with Gasteiger partial charge in [0, 0.05) is 10.7 Å². The third kappa shape index (κ3) is 2.97. The number of amides is 1. The Labute approximate surface area is 101 Å². The van der Waals surface area contributed by atoms with E-state index in [4.69, 9.17) is 17.3 Å². The molecule has 1 aromatic carbocycles. The topological polar surface area (TPSA) is 55.1 Å². The van der Waals surface area contributed by atoms with E-state index in [0.29, 0.717) is 23.6 Å². The van der Waals surface area contributed by atoms with Crippen LogP contribution in [0, 0.1) is 0 Å². The lowest BCUT2D eigenvalue weighted by Crippen LogP contribution is -2.50. The monoisotopic (exact) mass is 240 g/mol. The number of carbonyl (C=O) groups is 1. The van der Waals surface area contributed by atoms with Crippen LogP contribution in [0.3, 0.4) is 0 Å². The number of hydrogen-bond acceptors (Lipinski definition) is 2. The Morgan fingerprint density at radius 3 is 2.25 bits per heavy atom. The van der Waals surface area contributed by atoms with Crippen molar-refractivity contribution in [1.82, 2.24) is 0 Å². The molecule has 88 valence electrons. The highest BCUT2D eigenvalue weighted by molar-refractivity contribution is 6.30. The fraction of sp³-hybridized carbons (Fsp3) is 0.417. The van der Waals surface area contributed by atoms with Crippen molar-refractivity contribution in [2.24, 2.45) is 5.73 Å². The summed E-state index contributed by atoms with van der Waals surface area (Å²) >= 11 is 5.76. The highest BCUT2D eigenvalue weighted by Gasteiger charge is 2.29. The van der Waals surface area contributed by atoms with Crippen LogP contribution in [-0.4, -0.2) is 11.4 Å². The molecule has 1 amide bonds. The van der Waals surface area contributed by atoms with Gasteiger partial charge in [-0.15, -0.1) is 0 Å². The first-order valence-corrected chi connectivity index (χ1v) is 5.75. The van der Waals surface area contributed by atoms with Gasteiger partial charge >= 0.3 is 0 Å². The molecule has 1 aromatic rings. The van der Waals surface area contributed by atoms with Gasteiger partial charge in [-0.05, 0) is 37.1 Å². The minimum atomic E-state index is -0.792. The number of rotatable bonds is 4. The second-order valence-electron chi connectivity index (χ2n) is 3.82. The minimum absolute atomic E-state index is 0.153. The van der Waals surface area contributed by atoms with Gasteiger partial charge in [-0.1, -0.05) is 25.4 Å². The van der Waals surface area contributed by atoms with Gasteiger partial charge in [0.2, 0.25) is 5.91 Å². The summed E-state index contributed by atoms with van der Waals surface area (Å²) in [6.07, 6.45) is 1.23. The summed E-state index contributed by atoms with van der Waals surface area (Å²) in [4.78, 5) is 11.9. The maximum Gasteiger partial charge on any atom is 0.244 e. The van der Waals surface area contributed by atoms with E-state index in [1.54, 1.807) is 24.3 Å². The highest BCUT2D eigenvalue weighted by atomic mass is 35.5. The first kappa shape index (κ1) is 13.0. The van der Waals surface area contributed by atoms with Gasteiger partial charge in [0.25, 0.3) is 0 Å². The number of hydrogen-bond donors (Lipinski definition) is 2. The summed E-state index contributed by atoms with van der Waals surface area (Å²) in [6.45, 7) is 3.82. The third-order valence-corrected chi connectivity index (χ3v) is 3.07. The zero-order valence-corrected chi connectivity index (χ0v) is 10.3. The van der Waals surface area contributed by atoms with E-state index in [1.165, 1.54) is 0 Å². The zero-order chi connectivity index (χ0) is 12.2. The van der Waals surface area contributed by atoms with Crippen LogP contribution in [0.5, 0.6) is 0 Å². The Morgan fingerprint density at radius 2 is 1.81 bits per heavy atom. The molecular weight excluding hydrogens is 224 g/mol. The standard InChI is InChI=1S/C12H17ClN2O/c1-3-12(14,4-2)11(16)15-10-7-5-9(13)6-8-10/h5-8H,3-4,14H2,1-2H3,(H,15,16). The number of nitrogens with two attached hydrogens (primary N) is 1. The average Bonchev–Trinajstić information content (AvgIpc) is 2.31. The molecule has 0 radical (unpaired) electrons. The summed E-state index contributed by atoms with van der Waals surface area (Å²) in [5, 5.41) is 3.43. The van der Waals surface area contributed by atoms with Crippen LogP contribution >= 0.6 is 11.6 Å². The number of halogens is 1. The van der Waals surface area contributed by atoms with Crippen molar-refractivity contribution in [3.63, 3.8) is 0 Å². The van der Waals surface area contributed by atoms with Gasteiger partial charge in [-0.25, -0.2) is 0 Å².